The summed E-state index contributed by atoms with van der Waals surface area (Å²) in [6.07, 6.45) is 0.985. The van der Waals surface area contributed by atoms with Crippen LogP contribution in [0.2, 0.25) is 0 Å². The second kappa shape index (κ2) is 16.3. The summed E-state index contributed by atoms with van der Waals surface area (Å²) in [6.45, 7) is 2.78. The van der Waals surface area contributed by atoms with E-state index in [4.69, 9.17) is 30.3 Å². The van der Waals surface area contributed by atoms with Gasteiger partial charge in [-0.1, -0.05) is 31.2 Å². The standard InChI is InChI=1S/C36H43ClN3O11PS/c1-21(53)20-50-36(44)40-27-16-31(30(48-2)15-25(27)34(42)38-13-8-11-26(38)35(40)43)49-14-7-3-4-12-32(41)39-19-22(18-37)33-24-10-6-5-9-23(24)29(17-28(33)39)51-52(45,46)47/h5-6,9-10,15-17,21-22,26,35,43,53H,3-4,7-8,11-14,18-20H2,1-2H3,(H2,45,46,47)/t21?,22-,26+,35?/m1/s1. The van der Waals surface area contributed by atoms with Crippen molar-refractivity contribution < 1.29 is 52.6 Å². The Labute approximate surface area is 317 Å². The molecule has 53 heavy (non-hydrogen) atoms. The number of amides is 3. The fourth-order valence-corrected chi connectivity index (χ4v) is 8.07. The molecule has 14 nitrogen and oxygen atoms in total. The number of rotatable bonds is 13. The second-order valence-electron chi connectivity index (χ2n) is 13.4. The van der Waals surface area contributed by atoms with Crippen molar-refractivity contribution in [2.24, 2.45) is 0 Å². The van der Waals surface area contributed by atoms with Gasteiger partial charge in [0, 0.05) is 54.1 Å². The molecule has 0 spiro atoms. The Balaban J connectivity index is 1.12. The highest BCUT2D eigenvalue weighted by atomic mass is 35.5. The summed E-state index contributed by atoms with van der Waals surface area (Å²) < 4.78 is 33.9. The number of halogens is 1. The lowest BCUT2D eigenvalue weighted by atomic mass is 9.95. The zero-order valence-corrected chi connectivity index (χ0v) is 31.9. The Hall–Kier alpha value is -3.72. The minimum Gasteiger partial charge on any atom is -0.493 e. The molecule has 0 aliphatic carbocycles. The summed E-state index contributed by atoms with van der Waals surface area (Å²) >= 11 is 10.6. The molecule has 3 heterocycles. The molecule has 3 N–H and O–H groups in total. The van der Waals surface area contributed by atoms with Crippen LogP contribution in [0, 0.1) is 0 Å². The van der Waals surface area contributed by atoms with Crippen molar-refractivity contribution in [2.45, 2.75) is 68.9 Å². The van der Waals surface area contributed by atoms with E-state index in [1.807, 2.05) is 12.1 Å². The number of aliphatic hydroxyl groups excluding tert-OH is 1. The molecule has 4 atom stereocenters. The molecule has 0 saturated carbocycles. The number of nitrogens with zero attached hydrogens (tertiary/aromatic N) is 3. The summed E-state index contributed by atoms with van der Waals surface area (Å²) in [5.74, 6) is 0.129. The van der Waals surface area contributed by atoms with E-state index in [-0.39, 0.29) is 77.0 Å². The molecular weight excluding hydrogens is 749 g/mol. The van der Waals surface area contributed by atoms with Crippen LogP contribution in [-0.4, -0.2) is 94.5 Å². The molecule has 3 aromatic rings. The Morgan fingerprint density at radius 2 is 1.79 bits per heavy atom. The number of thiol groups is 1. The zero-order chi connectivity index (χ0) is 38.0. The van der Waals surface area contributed by atoms with Crippen molar-refractivity contribution >= 4 is 72.1 Å². The highest BCUT2D eigenvalue weighted by molar-refractivity contribution is 7.80. The van der Waals surface area contributed by atoms with Crippen molar-refractivity contribution in [3.8, 4) is 17.2 Å². The molecule has 17 heteroatoms. The third-order valence-electron chi connectivity index (χ3n) is 9.71. The van der Waals surface area contributed by atoms with Crippen molar-refractivity contribution in [2.75, 3.05) is 49.1 Å². The molecule has 3 amide bonds. The molecule has 0 bridgehead atoms. The smallest absolute Gasteiger partial charge is 0.493 e. The average Bonchev–Trinajstić information content (AvgIpc) is 3.75. The fourth-order valence-electron chi connectivity index (χ4n) is 7.33. The number of unbranched alkanes of at least 4 members (excludes halogenated alkanes) is 2. The van der Waals surface area contributed by atoms with Crippen LogP contribution < -0.4 is 23.8 Å². The summed E-state index contributed by atoms with van der Waals surface area (Å²) in [6, 6.07) is 11.0. The van der Waals surface area contributed by atoms with Gasteiger partial charge in [-0.05, 0) is 49.1 Å². The first-order valence-electron chi connectivity index (χ1n) is 17.5. The van der Waals surface area contributed by atoms with Gasteiger partial charge in [-0.15, -0.1) is 11.6 Å². The topological polar surface area (TPSA) is 176 Å². The number of methoxy groups -OCH3 is 1. The Kier molecular flexibility index (Phi) is 12.0. The summed E-state index contributed by atoms with van der Waals surface area (Å²) in [7, 11) is -3.42. The lowest BCUT2D eigenvalue weighted by Crippen LogP contribution is -2.51. The van der Waals surface area contributed by atoms with Crippen LogP contribution in [0.3, 0.4) is 0 Å². The van der Waals surface area contributed by atoms with Crippen molar-refractivity contribution in [3.05, 3.63) is 53.6 Å². The predicted molar refractivity (Wildman–Crippen MR) is 202 cm³/mol. The SMILES string of the molecule is COc1cc2c(cc1OCCCCCC(=O)N1C[C@@H](CCl)c3c1cc(OP(=O)(O)O)c1ccccc31)N(C(=O)OCC(C)S)C(O)[C@@H]1CCCN1C2=O. The van der Waals surface area contributed by atoms with Gasteiger partial charge in [-0.3, -0.25) is 19.4 Å². The van der Waals surface area contributed by atoms with Crippen LogP contribution in [0.4, 0.5) is 16.2 Å². The number of anilines is 2. The van der Waals surface area contributed by atoms with Crippen LogP contribution in [-0.2, 0) is 14.1 Å². The van der Waals surface area contributed by atoms with Crippen LogP contribution in [0.5, 0.6) is 17.2 Å². The zero-order valence-electron chi connectivity index (χ0n) is 29.4. The van der Waals surface area contributed by atoms with Gasteiger partial charge in [0.1, 0.15) is 12.4 Å². The Morgan fingerprint density at radius 1 is 1.06 bits per heavy atom. The lowest BCUT2D eigenvalue weighted by Gasteiger charge is -2.31. The van der Waals surface area contributed by atoms with E-state index in [2.05, 4.69) is 12.6 Å². The quantitative estimate of drug-likeness (QED) is 0.0710. The number of carbonyl (C=O) groups is 3. The van der Waals surface area contributed by atoms with Gasteiger partial charge in [0.2, 0.25) is 5.91 Å². The van der Waals surface area contributed by atoms with Crippen molar-refractivity contribution in [3.63, 3.8) is 0 Å². The summed E-state index contributed by atoms with van der Waals surface area (Å²) in [5, 5.41) is 12.4. The molecule has 1 saturated heterocycles. The number of phosphoric ester groups is 1. The summed E-state index contributed by atoms with van der Waals surface area (Å²) in [4.78, 5) is 63.9. The van der Waals surface area contributed by atoms with E-state index in [1.165, 1.54) is 25.3 Å². The third kappa shape index (κ3) is 8.20. The number of hydrogen-bond donors (Lipinski definition) is 4. The highest BCUT2D eigenvalue weighted by Gasteiger charge is 2.45. The molecule has 1 fully saturated rings. The molecule has 6 rings (SSSR count). The number of fused-ring (bicyclic) bond motifs is 5. The van der Waals surface area contributed by atoms with Gasteiger partial charge in [0.05, 0.1) is 36.7 Å². The van der Waals surface area contributed by atoms with Gasteiger partial charge in [0.15, 0.2) is 17.7 Å². The normalized spacial score (nSPS) is 20.1. The van der Waals surface area contributed by atoms with Gasteiger partial charge in [-0.25, -0.2) is 14.3 Å². The van der Waals surface area contributed by atoms with Gasteiger partial charge in [-0.2, -0.15) is 12.6 Å². The molecular formula is C36H43ClN3O11PS. The first-order chi connectivity index (χ1) is 25.3. The minimum atomic E-state index is -4.87. The lowest BCUT2D eigenvalue weighted by molar-refractivity contribution is -0.118. The van der Waals surface area contributed by atoms with E-state index in [0.29, 0.717) is 61.7 Å². The number of ether oxygens (including phenoxy) is 3. The predicted octanol–water partition coefficient (Wildman–Crippen LogP) is 5.83. The molecule has 3 aliphatic heterocycles. The number of benzene rings is 3. The highest BCUT2D eigenvalue weighted by Crippen LogP contribution is 2.49. The van der Waals surface area contributed by atoms with Crippen molar-refractivity contribution in [1.29, 1.82) is 0 Å². The van der Waals surface area contributed by atoms with E-state index in [1.54, 1.807) is 28.9 Å². The maximum Gasteiger partial charge on any atom is 0.524 e. The van der Waals surface area contributed by atoms with Gasteiger partial charge < -0.3 is 33.6 Å². The Morgan fingerprint density at radius 3 is 2.49 bits per heavy atom. The van der Waals surface area contributed by atoms with E-state index < -0.39 is 26.2 Å². The van der Waals surface area contributed by atoms with Crippen molar-refractivity contribution in [1.82, 2.24) is 4.90 Å². The third-order valence-corrected chi connectivity index (χ3v) is 10.7. The molecule has 0 radical (unpaired) electrons. The molecule has 0 aromatic heterocycles. The largest absolute Gasteiger partial charge is 0.524 e. The van der Waals surface area contributed by atoms with Crippen LogP contribution in [0.15, 0.2) is 42.5 Å². The number of carbonyl (C=O) groups excluding carboxylic acids is 3. The Bertz CT molecular complexity index is 1930. The first kappa shape index (κ1) is 39.0. The molecule has 3 aliphatic rings. The van der Waals surface area contributed by atoms with E-state index in [0.717, 1.165) is 10.5 Å². The van der Waals surface area contributed by atoms with Crippen LogP contribution in [0.1, 0.15) is 67.3 Å². The van der Waals surface area contributed by atoms with E-state index >= 15 is 0 Å². The minimum absolute atomic E-state index is 0.00533. The molecule has 286 valence electrons. The summed E-state index contributed by atoms with van der Waals surface area (Å²) in [5.41, 5.74) is 1.69. The first-order valence-corrected chi connectivity index (χ1v) is 20.1. The second-order valence-corrected chi connectivity index (χ2v) is 15.7. The fraction of sp³-hybridized carbons (Fsp3) is 0.472. The van der Waals surface area contributed by atoms with Gasteiger partial charge in [0.25, 0.3) is 5.91 Å². The molecule has 2 unspecified atom stereocenters. The monoisotopic (exact) mass is 791 g/mol. The maximum atomic E-state index is 13.6. The maximum absolute atomic E-state index is 13.6. The van der Waals surface area contributed by atoms with Gasteiger partial charge >= 0.3 is 13.9 Å². The number of phosphoric acid groups is 1. The number of hydrogen-bond acceptors (Lipinski definition) is 10. The van der Waals surface area contributed by atoms with E-state index in [9.17, 15) is 33.8 Å². The number of alkyl halides is 1. The molecule has 3 aromatic carbocycles. The van der Waals surface area contributed by atoms with Crippen LogP contribution in [0.25, 0.3) is 10.8 Å². The average molecular weight is 792 g/mol. The number of aliphatic hydroxyl groups is 1. The van der Waals surface area contributed by atoms with Crippen LogP contribution >= 0.6 is 32.1 Å².